The van der Waals surface area contributed by atoms with Gasteiger partial charge < -0.3 is 29.7 Å². The Morgan fingerprint density at radius 2 is 1.62 bits per heavy atom. The van der Waals surface area contributed by atoms with E-state index in [2.05, 4.69) is 26.6 Å². The fourth-order valence-corrected chi connectivity index (χ4v) is 6.42. The average Bonchev–Trinajstić information content (AvgIpc) is 3.14. The van der Waals surface area contributed by atoms with E-state index in [1.54, 1.807) is 18.1 Å². The summed E-state index contributed by atoms with van der Waals surface area (Å²) in [4.78, 5) is 48.2. The molecule has 0 saturated carbocycles. The summed E-state index contributed by atoms with van der Waals surface area (Å²) in [6.07, 6.45) is 4.93. The second-order valence-electron chi connectivity index (χ2n) is 14.4. The molecule has 3 heterocycles. The molecule has 2 aromatic carbocycles. The van der Waals surface area contributed by atoms with Crippen molar-refractivity contribution in [2.24, 2.45) is 0 Å². The molecule has 0 radical (unpaired) electrons. The van der Waals surface area contributed by atoms with Gasteiger partial charge in [-0.15, -0.1) is 0 Å². The number of likely N-dealkylation sites (tertiary alicyclic amines) is 2. The fourth-order valence-electron chi connectivity index (χ4n) is 6.42. The molecule has 0 unspecified atom stereocenters. The molecule has 2 aliphatic rings. The fraction of sp³-hybridized carbons (Fsp3) is 0.475. The molecule has 0 atom stereocenters. The Labute approximate surface area is 306 Å². The number of piperidine rings is 2. The zero-order valence-electron chi connectivity index (χ0n) is 30.7. The summed E-state index contributed by atoms with van der Waals surface area (Å²) in [5, 5.41) is 15.0. The van der Waals surface area contributed by atoms with Crippen LogP contribution in [-0.4, -0.2) is 90.3 Å². The Hall–Kier alpha value is -5.15. The van der Waals surface area contributed by atoms with Crippen LogP contribution in [0.5, 0.6) is 11.5 Å². The molecule has 12 nitrogen and oxygen atoms in total. The number of rotatable bonds is 12. The number of carbonyl (C=O) groups is 3. The van der Waals surface area contributed by atoms with Crippen molar-refractivity contribution in [2.45, 2.75) is 83.6 Å². The Bertz CT molecular complexity index is 1700. The molecule has 1 aromatic heterocycles. The van der Waals surface area contributed by atoms with E-state index in [0.717, 1.165) is 49.5 Å². The van der Waals surface area contributed by atoms with E-state index >= 15 is 0 Å². The predicted molar refractivity (Wildman–Crippen MR) is 196 cm³/mol. The number of nitrogens with one attached hydrogen (secondary N) is 2. The van der Waals surface area contributed by atoms with Gasteiger partial charge in [-0.05, 0) is 100 Å². The van der Waals surface area contributed by atoms with Gasteiger partial charge in [-0.25, -0.2) is 9.78 Å². The minimum Gasteiger partial charge on any atom is -0.497 e. The molecule has 12 heteroatoms. The highest BCUT2D eigenvalue weighted by molar-refractivity contribution is 5.97. The lowest BCUT2D eigenvalue weighted by Crippen LogP contribution is -2.44. The van der Waals surface area contributed by atoms with Gasteiger partial charge in [0.05, 0.1) is 24.3 Å². The maximum atomic E-state index is 13.8. The predicted octanol–water partition coefficient (Wildman–Crippen LogP) is 5.50. The van der Waals surface area contributed by atoms with E-state index in [-0.39, 0.29) is 24.0 Å². The summed E-state index contributed by atoms with van der Waals surface area (Å²) in [7, 11) is 1.62. The number of benzene rings is 2. The van der Waals surface area contributed by atoms with Crippen LogP contribution in [-0.2, 0) is 17.7 Å². The molecule has 2 aliphatic heterocycles. The molecule has 276 valence electrons. The van der Waals surface area contributed by atoms with E-state index in [1.807, 2.05) is 69.3 Å². The van der Waals surface area contributed by atoms with E-state index < -0.39 is 11.7 Å². The lowest BCUT2D eigenvalue weighted by atomic mass is 10.0. The molecule has 0 spiro atoms. The number of methoxy groups -OCH3 is 1. The molecule has 0 bridgehead atoms. The summed E-state index contributed by atoms with van der Waals surface area (Å²) in [5.74, 6) is 1.12. The molecular weight excluding hydrogens is 660 g/mol. The third-order valence-electron chi connectivity index (χ3n) is 9.23. The maximum Gasteiger partial charge on any atom is 0.407 e. The number of hydrogen-bond donors (Lipinski definition) is 2. The number of carbonyl (C=O) groups excluding carboxylic acids is 3. The highest BCUT2D eigenvalue weighted by atomic mass is 16.6. The molecular formula is C40H50N6O6. The summed E-state index contributed by atoms with van der Waals surface area (Å²) in [6.45, 7) is 9.28. The molecule has 0 aliphatic carbocycles. The van der Waals surface area contributed by atoms with Crippen molar-refractivity contribution < 1.29 is 28.6 Å². The van der Waals surface area contributed by atoms with Gasteiger partial charge in [-0.3, -0.25) is 14.5 Å². The second-order valence-corrected chi connectivity index (χ2v) is 14.4. The normalized spacial score (nSPS) is 15.7. The lowest BCUT2D eigenvalue weighted by molar-refractivity contribution is 0.0525. The zero-order chi connectivity index (χ0) is 37.1. The van der Waals surface area contributed by atoms with Crippen LogP contribution in [0.15, 0.2) is 60.8 Å². The van der Waals surface area contributed by atoms with Crippen LogP contribution in [0.4, 0.5) is 4.79 Å². The minimum absolute atomic E-state index is 0.0160. The van der Waals surface area contributed by atoms with Crippen LogP contribution >= 0.6 is 0 Å². The first-order chi connectivity index (χ1) is 25.0. The standard InChI is InChI=1S/C40H50N6O6/c1-40(2,3)52-39(49)42-19-5-6-30-24-31(37(47)44-32-15-20-45(21-16-32)27-29-9-7-28(25-41)8-10-29)26-43-36(30)38(48)46-22-17-35(18-23-46)51-34-13-11-33(50-4)12-14-34/h7-14,24,26,32,35H,5-6,15-23,27H2,1-4H3,(H,42,49)(H,44,47). The van der Waals surface area contributed by atoms with E-state index in [4.69, 9.17) is 19.5 Å². The van der Waals surface area contributed by atoms with Crippen molar-refractivity contribution in [1.29, 1.82) is 5.26 Å². The molecule has 2 saturated heterocycles. The number of aryl methyl sites for hydroxylation is 1. The molecule has 52 heavy (non-hydrogen) atoms. The monoisotopic (exact) mass is 710 g/mol. The Kier molecular flexibility index (Phi) is 13.1. The number of aromatic nitrogens is 1. The zero-order valence-corrected chi connectivity index (χ0v) is 30.7. The average molecular weight is 711 g/mol. The van der Waals surface area contributed by atoms with Crippen molar-refractivity contribution in [3.63, 3.8) is 0 Å². The van der Waals surface area contributed by atoms with Gasteiger partial charge in [0.1, 0.15) is 28.9 Å². The molecule has 5 rings (SSSR count). The van der Waals surface area contributed by atoms with Crippen LogP contribution in [0.25, 0.3) is 0 Å². The van der Waals surface area contributed by atoms with Gasteiger partial charge in [-0.1, -0.05) is 12.1 Å². The number of nitriles is 1. The summed E-state index contributed by atoms with van der Waals surface area (Å²) in [6, 6.07) is 19.1. The smallest absolute Gasteiger partial charge is 0.407 e. The molecule has 3 aromatic rings. The number of hydrogen-bond acceptors (Lipinski definition) is 9. The van der Waals surface area contributed by atoms with Crippen molar-refractivity contribution in [3.05, 3.63) is 88.7 Å². The minimum atomic E-state index is -0.607. The van der Waals surface area contributed by atoms with Crippen LogP contribution in [0, 0.1) is 11.3 Å². The van der Waals surface area contributed by atoms with Crippen LogP contribution < -0.4 is 20.1 Å². The first kappa shape index (κ1) is 38.1. The lowest BCUT2D eigenvalue weighted by Gasteiger charge is -2.32. The van der Waals surface area contributed by atoms with Crippen molar-refractivity contribution in [2.75, 3.05) is 39.8 Å². The number of alkyl carbamates (subject to hydrolysis) is 1. The van der Waals surface area contributed by atoms with Gasteiger partial charge in [0.15, 0.2) is 0 Å². The van der Waals surface area contributed by atoms with E-state index in [9.17, 15) is 14.4 Å². The first-order valence-corrected chi connectivity index (χ1v) is 18.1. The van der Waals surface area contributed by atoms with Gasteiger partial charge in [0, 0.05) is 64.3 Å². The summed E-state index contributed by atoms with van der Waals surface area (Å²) >= 11 is 0. The van der Waals surface area contributed by atoms with E-state index in [1.165, 1.54) is 6.20 Å². The topological polar surface area (TPSA) is 146 Å². The largest absolute Gasteiger partial charge is 0.497 e. The number of ether oxygens (including phenoxy) is 3. The van der Waals surface area contributed by atoms with Crippen LogP contribution in [0.2, 0.25) is 0 Å². The molecule has 3 amide bonds. The second kappa shape index (κ2) is 17.9. The third-order valence-corrected chi connectivity index (χ3v) is 9.23. The molecule has 2 fully saturated rings. The first-order valence-electron chi connectivity index (χ1n) is 18.1. The van der Waals surface area contributed by atoms with Gasteiger partial charge in [-0.2, -0.15) is 5.26 Å². The Balaban J connectivity index is 1.19. The number of amides is 3. The van der Waals surface area contributed by atoms with E-state index in [0.29, 0.717) is 67.7 Å². The maximum absolute atomic E-state index is 13.8. The van der Waals surface area contributed by atoms with Crippen molar-refractivity contribution >= 4 is 17.9 Å². The summed E-state index contributed by atoms with van der Waals surface area (Å²) < 4.78 is 16.7. The van der Waals surface area contributed by atoms with Gasteiger partial charge in [0.2, 0.25) is 0 Å². The highest BCUT2D eigenvalue weighted by Gasteiger charge is 2.28. The van der Waals surface area contributed by atoms with Gasteiger partial charge in [0.25, 0.3) is 11.8 Å². The Morgan fingerprint density at radius 3 is 2.25 bits per heavy atom. The van der Waals surface area contributed by atoms with Gasteiger partial charge >= 0.3 is 6.09 Å². The van der Waals surface area contributed by atoms with Crippen LogP contribution in [0.1, 0.15) is 90.4 Å². The van der Waals surface area contributed by atoms with Crippen molar-refractivity contribution in [1.82, 2.24) is 25.4 Å². The molecule has 2 N–H and O–H groups in total. The summed E-state index contributed by atoms with van der Waals surface area (Å²) in [5.41, 5.74) is 2.58. The number of pyridine rings is 1. The van der Waals surface area contributed by atoms with Crippen LogP contribution in [0.3, 0.4) is 0 Å². The third kappa shape index (κ3) is 11.2. The highest BCUT2D eigenvalue weighted by Crippen LogP contribution is 2.24. The number of nitrogens with zero attached hydrogens (tertiary/aromatic N) is 4. The quantitative estimate of drug-likeness (QED) is 0.233. The Morgan fingerprint density at radius 1 is 0.942 bits per heavy atom. The SMILES string of the molecule is COc1ccc(OC2CCN(C(=O)c3ncc(C(=O)NC4CCN(Cc5ccc(C#N)cc5)CC4)cc3CCCNC(=O)OC(C)(C)C)CC2)cc1. The van der Waals surface area contributed by atoms with Crippen molar-refractivity contribution in [3.8, 4) is 17.6 Å².